The van der Waals surface area contributed by atoms with Crippen LogP contribution in [0.25, 0.3) is 11.0 Å². The molecular formula is C15H12ClN3O2. The Morgan fingerprint density at radius 2 is 2.00 bits per heavy atom. The van der Waals surface area contributed by atoms with Crippen LogP contribution in [0.3, 0.4) is 0 Å². The first kappa shape index (κ1) is 13.6. The number of carbonyl (C=O) groups is 1. The van der Waals surface area contributed by atoms with Crippen LogP contribution in [0.4, 0.5) is 5.95 Å². The maximum absolute atomic E-state index is 12.2. The minimum atomic E-state index is -0.412. The van der Waals surface area contributed by atoms with E-state index in [4.69, 9.17) is 16.0 Å². The average Bonchev–Trinajstić information content (AvgIpc) is 2.80. The van der Waals surface area contributed by atoms with E-state index in [9.17, 15) is 4.79 Å². The molecule has 3 rings (SSSR count). The van der Waals surface area contributed by atoms with E-state index >= 15 is 0 Å². The van der Waals surface area contributed by atoms with E-state index in [1.54, 1.807) is 19.1 Å². The van der Waals surface area contributed by atoms with Gasteiger partial charge in [0.05, 0.1) is 0 Å². The number of carbonyl (C=O) groups excluding carboxylic acids is 1. The summed E-state index contributed by atoms with van der Waals surface area (Å²) in [5.41, 5.74) is 2.43. The Kier molecular flexibility index (Phi) is 3.35. The molecule has 21 heavy (non-hydrogen) atoms. The highest BCUT2D eigenvalue weighted by Gasteiger charge is 2.14. The van der Waals surface area contributed by atoms with E-state index in [1.165, 1.54) is 0 Å². The highest BCUT2D eigenvalue weighted by molar-refractivity contribution is 6.29. The third kappa shape index (κ3) is 2.87. The molecule has 1 aromatic carbocycles. The number of nitrogens with zero attached hydrogens (tertiary/aromatic N) is 2. The molecule has 0 radical (unpaired) electrons. The standard InChI is InChI=1S/C15H12ClN3O2/c1-8-3-4-11-10(5-8)7-12(21-11)14(20)19-15-17-9(2)6-13(16)18-15/h3-7H,1-2H3,(H,17,18,19,20). The topological polar surface area (TPSA) is 68.0 Å². The molecule has 0 aliphatic heterocycles. The molecule has 0 aliphatic rings. The fourth-order valence-electron chi connectivity index (χ4n) is 2.02. The van der Waals surface area contributed by atoms with Crippen LogP contribution in [-0.2, 0) is 0 Å². The van der Waals surface area contributed by atoms with Crippen molar-refractivity contribution < 1.29 is 9.21 Å². The van der Waals surface area contributed by atoms with Crippen LogP contribution in [0.15, 0.2) is 34.7 Å². The molecule has 0 fully saturated rings. The van der Waals surface area contributed by atoms with Crippen molar-refractivity contribution in [1.29, 1.82) is 0 Å². The molecule has 0 aliphatic carbocycles. The first-order valence-electron chi connectivity index (χ1n) is 6.34. The summed E-state index contributed by atoms with van der Waals surface area (Å²) in [4.78, 5) is 20.2. The maximum Gasteiger partial charge on any atom is 0.293 e. The van der Waals surface area contributed by atoms with Crippen LogP contribution in [-0.4, -0.2) is 15.9 Å². The van der Waals surface area contributed by atoms with Crippen LogP contribution in [0.5, 0.6) is 0 Å². The van der Waals surface area contributed by atoms with Crippen molar-refractivity contribution in [2.24, 2.45) is 0 Å². The first-order valence-corrected chi connectivity index (χ1v) is 6.72. The van der Waals surface area contributed by atoms with Gasteiger partial charge in [0.1, 0.15) is 10.7 Å². The fourth-order valence-corrected chi connectivity index (χ4v) is 2.26. The highest BCUT2D eigenvalue weighted by Crippen LogP contribution is 2.21. The Hall–Kier alpha value is -2.40. The number of aryl methyl sites for hydroxylation is 2. The van der Waals surface area contributed by atoms with Crippen molar-refractivity contribution in [3.05, 3.63) is 52.5 Å². The number of furan rings is 1. The molecule has 0 saturated heterocycles. The zero-order chi connectivity index (χ0) is 15.0. The number of halogens is 1. The summed E-state index contributed by atoms with van der Waals surface area (Å²) in [5.74, 6) is -0.0519. The summed E-state index contributed by atoms with van der Waals surface area (Å²) < 4.78 is 5.52. The van der Waals surface area contributed by atoms with Crippen LogP contribution in [0.2, 0.25) is 5.15 Å². The van der Waals surface area contributed by atoms with Gasteiger partial charge in [0.2, 0.25) is 5.95 Å². The van der Waals surface area contributed by atoms with Gasteiger partial charge in [-0.25, -0.2) is 9.97 Å². The second-order valence-electron chi connectivity index (χ2n) is 4.76. The van der Waals surface area contributed by atoms with Crippen molar-refractivity contribution in [2.45, 2.75) is 13.8 Å². The van der Waals surface area contributed by atoms with Crippen molar-refractivity contribution in [1.82, 2.24) is 9.97 Å². The van der Waals surface area contributed by atoms with E-state index in [0.717, 1.165) is 10.9 Å². The third-order valence-electron chi connectivity index (χ3n) is 2.94. The largest absolute Gasteiger partial charge is 0.451 e. The molecule has 1 N–H and O–H groups in total. The molecule has 0 atom stereocenters. The van der Waals surface area contributed by atoms with Gasteiger partial charge in [-0.05, 0) is 38.1 Å². The average molecular weight is 302 g/mol. The van der Waals surface area contributed by atoms with Gasteiger partial charge in [-0.15, -0.1) is 0 Å². The molecular weight excluding hydrogens is 290 g/mol. The lowest BCUT2D eigenvalue weighted by Crippen LogP contribution is -2.13. The number of hydrogen-bond donors (Lipinski definition) is 1. The molecule has 1 amide bonds. The maximum atomic E-state index is 12.2. The van der Waals surface area contributed by atoms with Crippen LogP contribution in [0, 0.1) is 13.8 Å². The van der Waals surface area contributed by atoms with Gasteiger partial charge in [0.25, 0.3) is 5.91 Å². The smallest absolute Gasteiger partial charge is 0.293 e. The number of nitrogens with one attached hydrogen (secondary N) is 1. The van der Waals surface area contributed by atoms with E-state index in [1.807, 2.05) is 25.1 Å². The zero-order valence-electron chi connectivity index (χ0n) is 11.5. The zero-order valence-corrected chi connectivity index (χ0v) is 12.2. The highest BCUT2D eigenvalue weighted by atomic mass is 35.5. The van der Waals surface area contributed by atoms with Crippen molar-refractivity contribution in [3.8, 4) is 0 Å². The predicted molar refractivity (Wildman–Crippen MR) is 80.7 cm³/mol. The van der Waals surface area contributed by atoms with Crippen LogP contribution >= 0.6 is 11.6 Å². The molecule has 0 saturated carbocycles. The van der Waals surface area contributed by atoms with Gasteiger partial charge in [-0.3, -0.25) is 10.1 Å². The van der Waals surface area contributed by atoms with Crippen LogP contribution < -0.4 is 5.32 Å². The molecule has 5 nitrogen and oxygen atoms in total. The Balaban J connectivity index is 1.89. The monoisotopic (exact) mass is 301 g/mol. The lowest BCUT2D eigenvalue weighted by atomic mass is 10.2. The van der Waals surface area contributed by atoms with Crippen molar-refractivity contribution in [3.63, 3.8) is 0 Å². The molecule has 0 unspecified atom stereocenters. The minimum absolute atomic E-state index is 0.154. The number of hydrogen-bond acceptors (Lipinski definition) is 4. The fraction of sp³-hybridized carbons (Fsp3) is 0.133. The van der Waals surface area contributed by atoms with Crippen LogP contribution in [0.1, 0.15) is 21.8 Å². The van der Waals surface area contributed by atoms with E-state index < -0.39 is 5.91 Å². The number of rotatable bonds is 2. The van der Waals surface area contributed by atoms with Gasteiger partial charge < -0.3 is 4.42 Å². The second-order valence-corrected chi connectivity index (χ2v) is 5.15. The summed E-state index contributed by atoms with van der Waals surface area (Å²) >= 11 is 5.84. The Morgan fingerprint density at radius 3 is 2.76 bits per heavy atom. The van der Waals surface area contributed by atoms with E-state index in [-0.39, 0.29) is 16.9 Å². The summed E-state index contributed by atoms with van der Waals surface area (Å²) in [6.45, 7) is 3.75. The van der Waals surface area contributed by atoms with Gasteiger partial charge in [0.15, 0.2) is 5.76 Å². The molecule has 3 aromatic rings. The van der Waals surface area contributed by atoms with Gasteiger partial charge in [-0.2, -0.15) is 0 Å². The number of aromatic nitrogens is 2. The number of anilines is 1. The molecule has 0 bridgehead atoms. The van der Waals surface area contributed by atoms with Crippen molar-refractivity contribution in [2.75, 3.05) is 5.32 Å². The molecule has 2 aromatic heterocycles. The minimum Gasteiger partial charge on any atom is -0.451 e. The Bertz CT molecular complexity index is 822. The number of fused-ring (bicyclic) bond motifs is 1. The second kappa shape index (κ2) is 5.18. The lowest BCUT2D eigenvalue weighted by Gasteiger charge is -2.02. The summed E-state index contributed by atoms with van der Waals surface area (Å²) in [7, 11) is 0. The SMILES string of the molecule is Cc1ccc2oc(C(=O)Nc3nc(C)cc(Cl)n3)cc2c1. The summed E-state index contributed by atoms with van der Waals surface area (Å²) in [5, 5.41) is 3.73. The summed E-state index contributed by atoms with van der Waals surface area (Å²) in [6, 6.07) is 9.02. The molecule has 2 heterocycles. The third-order valence-corrected chi connectivity index (χ3v) is 3.14. The van der Waals surface area contributed by atoms with Crippen molar-refractivity contribution >= 4 is 34.4 Å². The molecule has 6 heteroatoms. The van der Waals surface area contributed by atoms with E-state index in [0.29, 0.717) is 11.3 Å². The first-order chi connectivity index (χ1) is 10.0. The molecule has 106 valence electrons. The Labute approximate surface area is 126 Å². The van der Waals surface area contributed by atoms with Gasteiger partial charge in [0, 0.05) is 11.1 Å². The molecule has 0 spiro atoms. The Morgan fingerprint density at radius 1 is 1.19 bits per heavy atom. The van der Waals surface area contributed by atoms with Gasteiger partial charge in [-0.1, -0.05) is 23.2 Å². The van der Waals surface area contributed by atoms with Gasteiger partial charge >= 0.3 is 0 Å². The lowest BCUT2D eigenvalue weighted by molar-refractivity contribution is 0.0998. The predicted octanol–water partition coefficient (Wildman–Crippen LogP) is 3.75. The quantitative estimate of drug-likeness (QED) is 0.732. The van der Waals surface area contributed by atoms with E-state index in [2.05, 4.69) is 15.3 Å². The normalized spacial score (nSPS) is 10.8. The number of amides is 1. The summed E-state index contributed by atoms with van der Waals surface area (Å²) in [6.07, 6.45) is 0. The number of benzene rings is 1.